The van der Waals surface area contributed by atoms with Crippen molar-refractivity contribution in [3.05, 3.63) is 38.5 Å². The van der Waals surface area contributed by atoms with E-state index in [1.807, 2.05) is 18.4 Å². The Morgan fingerprint density at radius 3 is 2.75 bits per heavy atom. The lowest BCUT2D eigenvalue weighted by molar-refractivity contribution is 0.176. The Morgan fingerprint density at radius 2 is 2.14 bits per heavy atom. The van der Waals surface area contributed by atoms with E-state index in [-0.39, 0.29) is 24.0 Å². The number of rotatable bonds is 7. The molecular formula is C20H32IN5S2. The number of likely N-dealkylation sites (tertiary alicyclic amines) is 1. The van der Waals surface area contributed by atoms with Crippen LogP contribution in [-0.4, -0.2) is 61.0 Å². The summed E-state index contributed by atoms with van der Waals surface area (Å²) in [5, 5.41) is 9.09. The fourth-order valence-corrected chi connectivity index (χ4v) is 4.82. The van der Waals surface area contributed by atoms with Gasteiger partial charge < -0.3 is 10.2 Å². The number of piperidine rings is 1. The number of aliphatic imine (C=N–C) groups is 1. The summed E-state index contributed by atoms with van der Waals surface area (Å²) in [4.78, 5) is 15.3. The molecule has 8 heteroatoms. The second-order valence-electron chi connectivity index (χ2n) is 7.26. The third-order valence-electron chi connectivity index (χ3n) is 5.16. The SMILES string of the molecule is CN=C(NCC1CCN(Cc2csc(C)n2)CC1)N(C)CCc1cccs1.I. The van der Waals surface area contributed by atoms with Gasteiger partial charge in [-0.1, -0.05) is 6.07 Å². The maximum atomic E-state index is 4.59. The van der Waals surface area contributed by atoms with Crippen LogP contribution in [0.2, 0.25) is 0 Å². The maximum absolute atomic E-state index is 4.59. The smallest absolute Gasteiger partial charge is 0.193 e. The number of aromatic nitrogens is 1. The van der Waals surface area contributed by atoms with Gasteiger partial charge in [0.15, 0.2) is 5.96 Å². The number of likely N-dealkylation sites (N-methyl/N-ethyl adjacent to an activating group) is 1. The van der Waals surface area contributed by atoms with Crippen LogP contribution in [0, 0.1) is 12.8 Å². The van der Waals surface area contributed by atoms with Crippen LogP contribution < -0.4 is 5.32 Å². The molecule has 0 saturated carbocycles. The average Bonchev–Trinajstić information content (AvgIpc) is 3.33. The standard InChI is InChI=1S/C20H31N5S2.HI/c1-16-23-18(15-27-16)14-25-10-6-17(7-11-25)13-22-20(21-2)24(3)9-8-19-5-4-12-26-19;/h4-5,12,15,17H,6-11,13-14H2,1-3H3,(H,21,22);1H. The highest BCUT2D eigenvalue weighted by Crippen LogP contribution is 2.19. The fraction of sp³-hybridized carbons (Fsp3) is 0.600. The number of thiazole rings is 1. The van der Waals surface area contributed by atoms with E-state index in [0.29, 0.717) is 0 Å². The summed E-state index contributed by atoms with van der Waals surface area (Å²) in [6, 6.07) is 4.32. The highest BCUT2D eigenvalue weighted by atomic mass is 127. The summed E-state index contributed by atoms with van der Waals surface area (Å²) >= 11 is 3.57. The number of guanidine groups is 1. The fourth-order valence-electron chi connectivity index (χ4n) is 3.52. The summed E-state index contributed by atoms with van der Waals surface area (Å²) in [6.45, 7) is 7.41. The van der Waals surface area contributed by atoms with Gasteiger partial charge in [0.1, 0.15) is 0 Å². The second kappa shape index (κ2) is 12.1. The van der Waals surface area contributed by atoms with Gasteiger partial charge in [-0.05, 0) is 56.6 Å². The molecule has 0 radical (unpaired) electrons. The molecule has 28 heavy (non-hydrogen) atoms. The van der Waals surface area contributed by atoms with E-state index >= 15 is 0 Å². The minimum atomic E-state index is 0. The van der Waals surface area contributed by atoms with Crippen LogP contribution in [-0.2, 0) is 13.0 Å². The van der Waals surface area contributed by atoms with E-state index in [2.05, 4.69) is 62.0 Å². The maximum Gasteiger partial charge on any atom is 0.193 e. The quantitative estimate of drug-likeness (QED) is 0.331. The van der Waals surface area contributed by atoms with Crippen molar-refractivity contribution in [3.63, 3.8) is 0 Å². The molecule has 1 aliphatic rings. The number of hydrogen-bond donors (Lipinski definition) is 1. The van der Waals surface area contributed by atoms with Crippen molar-refractivity contribution in [2.75, 3.05) is 40.3 Å². The monoisotopic (exact) mass is 533 g/mol. The molecular weight excluding hydrogens is 501 g/mol. The number of aryl methyl sites for hydroxylation is 1. The van der Waals surface area contributed by atoms with Gasteiger partial charge in [-0.3, -0.25) is 9.89 Å². The van der Waals surface area contributed by atoms with E-state index in [4.69, 9.17) is 0 Å². The van der Waals surface area contributed by atoms with Gasteiger partial charge in [-0.2, -0.15) is 0 Å². The highest BCUT2D eigenvalue weighted by molar-refractivity contribution is 14.0. The molecule has 5 nitrogen and oxygen atoms in total. The van der Waals surface area contributed by atoms with Crippen LogP contribution in [0.1, 0.15) is 28.4 Å². The zero-order chi connectivity index (χ0) is 19.1. The Bertz CT molecular complexity index is 708. The molecule has 156 valence electrons. The molecule has 1 saturated heterocycles. The molecule has 1 fully saturated rings. The van der Waals surface area contributed by atoms with Crippen molar-refractivity contribution in [2.24, 2.45) is 10.9 Å². The molecule has 1 aliphatic heterocycles. The molecule has 0 amide bonds. The van der Waals surface area contributed by atoms with Crippen molar-refractivity contribution in [3.8, 4) is 0 Å². The Hall–Kier alpha value is -0.710. The van der Waals surface area contributed by atoms with Crippen molar-refractivity contribution < 1.29 is 0 Å². The lowest BCUT2D eigenvalue weighted by Gasteiger charge is -2.32. The molecule has 0 bridgehead atoms. The predicted octanol–water partition coefficient (Wildman–Crippen LogP) is 4.09. The third-order valence-corrected chi connectivity index (χ3v) is 6.91. The van der Waals surface area contributed by atoms with Crippen molar-refractivity contribution in [1.29, 1.82) is 0 Å². The van der Waals surface area contributed by atoms with Crippen molar-refractivity contribution in [2.45, 2.75) is 32.7 Å². The normalized spacial score (nSPS) is 16.0. The van der Waals surface area contributed by atoms with Gasteiger partial charge in [0.2, 0.25) is 0 Å². The molecule has 1 N–H and O–H groups in total. The van der Waals surface area contributed by atoms with Gasteiger partial charge in [0.25, 0.3) is 0 Å². The first-order valence-corrected chi connectivity index (χ1v) is 11.5. The van der Waals surface area contributed by atoms with E-state index in [0.717, 1.165) is 51.0 Å². The Labute approximate surface area is 194 Å². The highest BCUT2D eigenvalue weighted by Gasteiger charge is 2.20. The summed E-state index contributed by atoms with van der Waals surface area (Å²) in [6.07, 6.45) is 3.56. The van der Waals surface area contributed by atoms with Gasteiger partial charge in [-0.25, -0.2) is 4.98 Å². The van der Waals surface area contributed by atoms with Gasteiger partial charge in [-0.15, -0.1) is 46.7 Å². The van der Waals surface area contributed by atoms with E-state index in [1.54, 1.807) is 11.3 Å². The van der Waals surface area contributed by atoms with E-state index in [9.17, 15) is 0 Å². The molecule has 2 aromatic heterocycles. The largest absolute Gasteiger partial charge is 0.356 e. The van der Waals surface area contributed by atoms with Gasteiger partial charge >= 0.3 is 0 Å². The second-order valence-corrected chi connectivity index (χ2v) is 9.35. The first kappa shape index (κ1) is 23.6. The lowest BCUT2D eigenvalue weighted by atomic mass is 9.97. The van der Waals surface area contributed by atoms with Crippen molar-refractivity contribution >= 4 is 52.6 Å². The Morgan fingerprint density at radius 1 is 1.36 bits per heavy atom. The first-order chi connectivity index (χ1) is 13.1. The van der Waals surface area contributed by atoms with Crippen LogP contribution in [0.25, 0.3) is 0 Å². The zero-order valence-corrected chi connectivity index (χ0v) is 21.0. The molecule has 0 spiro atoms. The molecule has 0 aliphatic carbocycles. The molecule has 2 aromatic rings. The summed E-state index contributed by atoms with van der Waals surface area (Å²) in [5.74, 6) is 1.73. The number of nitrogens with zero attached hydrogens (tertiary/aromatic N) is 4. The van der Waals surface area contributed by atoms with E-state index in [1.165, 1.54) is 28.4 Å². The van der Waals surface area contributed by atoms with Crippen molar-refractivity contribution in [1.82, 2.24) is 20.1 Å². The van der Waals surface area contributed by atoms with E-state index < -0.39 is 0 Å². The molecule has 0 unspecified atom stereocenters. The zero-order valence-electron chi connectivity index (χ0n) is 17.1. The van der Waals surface area contributed by atoms with Gasteiger partial charge in [0.05, 0.1) is 10.7 Å². The summed E-state index contributed by atoms with van der Waals surface area (Å²) in [7, 11) is 4.00. The van der Waals surface area contributed by atoms with Crippen LogP contribution in [0.4, 0.5) is 0 Å². The number of nitrogens with one attached hydrogen (secondary N) is 1. The summed E-state index contributed by atoms with van der Waals surface area (Å²) in [5.41, 5.74) is 1.22. The van der Waals surface area contributed by atoms with Crippen LogP contribution in [0.3, 0.4) is 0 Å². The first-order valence-electron chi connectivity index (χ1n) is 9.71. The third kappa shape index (κ3) is 7.27. The predicted molar refractivity (Wildman–Crippen MR) is 132 cm³/mol. The van der Waals surface area contributed by atoms with Gasteiger partial charge in [0, 0.05) is 44.0 Å². The lowest BCUT2D eigenvalue weighted by Crippen LogP contribution is -2.44. The summed E-state index contributed by atoms with van der Waals surface area (Å²) < 4.78 is 0. The molecule has 3 heterocycles. The minimum Gasteiger partial charge on any atom is -0.356 e. The average molecular weight is 534 g/mol. The molecule has 0 aromatic carbocycles. The minimum absolute atomic E-state index is 0. The topological polar surface area (TPSA) is 43.8 Å². The number of halogens is 1. The molecule has 3 rings (SSSR count). The van der Waals surface area contributed by atoms with Crippen LogP contribution >= 0.6 is 46.7 Å². The van der Waals surface area contributed by atoms with Crippen LogP contribution in [0.15, 0.2) is 27.9 Å². The van der Waals surface area contributed by atoms with Crippen LogP contribution in [0.5, 0.6) is 0 Å². The Kier molecular flexibility index (Phi) is 10.2. The number of hydrogen-bond acceptors (Lipinski definition) is 5. The Balaban J connectivity index is 0.00000280. The number of thiophene rings is 1. The molecule has 0 atom stereocenters.